The lowest BCUT2D eigenvalue weighted by atomic mass is 10.1. The van der Waals surface area contributed by atoms with Crippen molar-refractivity contribution in [1.82, 2.24) is 5.16 Å². The lowest BCUT2D eigenvalue weighted by Gasteiger charge is -2.05. The molecule has 0 saturated heterocycles. The minimum atomic E-state index is 0.581. The number of nitrogens with zero attached hydrogens (tertiary/aromatic N) is 1. The first-order valence-electron chi connectivity index (χ1n) is 5.11. The van der Waals surface area contributed by atoms with Gasteiger partial charge in [0.1, 0.15) is 0 Å². The summed E-state index contributed by atoms with van der Waals surface area (Å²) in [6, 6.07) is 0. The summed E-state index contributed by atoms with van der Waals surface area (Å²) >= 11 is 0. The predicted molar refractivity (Wildman–Crippen MR) is 57.2 cm³/mol. The largest absolute Gasteiger partial charge is 0.381 e. The Morgan fingerprint density at radius 2 is 2.36 bits per heavy atom. The highest BCUT2D eigenvalue weighted by molar-refractivity contribution is 5.44. The highest BCUT2D eigenvalue weighted by atomic mass is 16.5. The standard InChI is InChI=1S/C10H19N3O/c1-8(2)6-10-9(7-13-14-10)12-5-3-4-11/h7-8,12H,3-6,11H2,1-2H3. The zero-order valence-corrected chi connectivity index (χ0v) is 8.92. The van der Waals surface area contributed by atoms with Crippen LogP contribution >= 0.6 is 0 Å². The van der Waals surface area contributed by atoms with Crippen LogP contribution in [0, 0.1) is 5.92 Å². The van der Waals surface area contributed by atoms with Crippen LogP contribution in [0.25, 0.3) is 0 Å². The number of hydrogen-bond acceptors (Lipinski definition) is 4. The van der Waals surface area contributed by atoms with Crippen molar-refractivity contribution in [3.63, 3.8) is 0 Å². The molecule has 14 heavy (non-hydrogen) atoms. The third-order valence-corrected chi connectivity index (χ3v) is 1.94. The molecule has 1 heterocycles. The monoisotopic (exact) mass is 197 g/mol. The molecule has 0 fully saturated rings. The minimum Gasteiger partial charge on any atom is -0.381 e. The molecule has 0 bridgehead atoms. The third-order valence-electron chi connectivity index (χ3n) is 1.94. The maximum Gasteiger partial charge on any atom is 0.160 e. The van der Waals surface area contributed by atoms with Gasteiger partial charge in [-0.2, -0.15) is 0 Å². The van der Waals surface area contributed by atoms with Crippen molar-refractivity contribution < 1.29 is 4.52 Å². The normalized spacial score (nSPS) is 10.9. The molecule has 1 aromatic heterocycles. The topological polar surface area (TPSA) is 64.1 Å². The quantitative estimate of drug-likeness (QED) is 0.680. The highest BCUT2D eigenvalue weighted by Gasteiger charge is 2.08. The van der Waals surface area contributed by atoms with Crippen molar-refractivity contribution in [3.05, 3.63) is 12.0 Å². The smallest absolute Gasteiger partial charge is 0.160 e. The van der Waals surface area contributed by atoms with E-state index in [-0.39, 0.29) is 0 Å². The molecule has 0 aliphatic rings. The molecule has 1 aromatic rings. The van der Waals surface area contributed by atoms with Crippen LogP contribution in [-0.4, -0.2) is 18.2 Å². The van der Waals surface area contributed by atoms with E-state index in [2.05, 4.69) is 24.3 Å². The molecule has 4 heteroatoms. The molecule has 0 radical (unpaired) electrons. The molecule has 1 rings (SSSR count). The molecular weight excluding hydrogens is 178 g/mol. The summed E-state index contributed by atoms with van der Waals surface area (Å²) in [6.45, 7) is 5.90. The molecule has 0 aliphatic carbocycles. The second-order valence-electron chi connectivity index (χ2n) is 3.83. The molecule has 0 spiro atoms. The van der Waals surface area contributed by atoms with Gasteiger partial charge in [0.05, 0.1) is 11.9 Å². The van der Waals surface area contributed by atoms with E-state index >= 15 is 0 Å². The van der Waals surface area contributed by atoms with Gasteiger partial charge in [-0.15, -0.1) is 0 Å². The zero-order chi connectivity index (χ0) is 10.4. The lowest BCUT2D eigenvalue weighted by Crippen LogP contribution is -2.09. The van der Waals surface area contributed by atoms with Gasteiger partial charge in [-0.05, 0) is 18.9 Å². The van der Waals surface area contributed by atoms with E-state index in [1.807, 2.05) is 0 Å². The second kappa shape index (κ2) is 5.65. The van der Waals surface area contributed by atoms with Crippen molar-refractivity contribution >= 4 is 5.69 Å². The van der Waals surface area contributed by atoms with Gasteiger partial charge in [-0.25, -0.2) is 0 Å². The van der Waals surface area contributed by atoms with Gasteiger partial charge < -0.3 is 15.6 Å². The third kappa shape index (κ3) is 3.38. The van der Waals surface area contributed by atoms with Gasteiger partial charge in [-0.3, -0.25) is 0 Å². The van der Waals surface area contributed by atoms with E-state index in [0.717, 1.165) is 30.8 Å². The van der Waals surface area contributed by atoms with E-state index < -0.39 is 0 Å². The molecule has 80 valence electrons. The fourth-order valence-corrected chi connectivity index (χ4v) is 1.25. The zero-order valence-electron chi connectivity index (χ0n) is 8.92. The van der Waals surface area contributed by atoms with Gasteiger partial charge >= 0.3 is 0 Å². The summed E-state index contributed by atoms with van der Waals surface area (Å²) in [6.07, 6.45) is 3.62. The molecule has 0 amide bonds. The molecular formula is C10H19N3O. The first kappa shape index (κ1) is 11.0. The summed E-state index contributed by atoms with van der Waals surface area (Å²) in [5.74, 6) is 1.52. The summed E-state index contributed by atoms with van der Waals surface area (Å²) in [5, 5.41) is 7.05. The lowest BCUT2D eigenvalue weighted by molar-refractivity contribution is 0.369. The molecule has 3 N–H and O–H groups in total. The van der Waals surface area contributed by atoms with Crippen LogP contribution in [0.4, 0.5) is 5.69 Å². The molecule has 4 nitrogen and oxygen atoms in total. The van der Waals surface area contributed by atoms with Crippen LogP contribution in [0.2, 0.25) is 0 Å². The molecule has 0 aromatic carbocycles. The maximum atomic E-state index is 5.41. The van der Waals surface area contributed by atoms with E-state index in [4.69, 9.17) is 10.3 Å². The van der Waals surface area contributed by atoms with Crippen LogP contribution < -0.4 is 11.1 Å². The van der Waals surface area contributed by atoms with E-state index in [9.17, 15) is 0 Å². The Balaban J connectivity index is 2.45. The van der Waals surface area contributed by atoms with Crippen molar-refractivity contribution in [2.75, 3.05) is 18.4 Å². The number of aromatic nitrogens is 1. The fraction of sp³-hybridized carbons (Fsp3) is 0.700. The summed E-state index contributed by atoms with van der Waals surface area (Å²) < 4.78 is 5.16. The molecule has 0 saturated carbocycles. The Bertz CT molecular complexity index is 258. The molecule has 0 atom stereocenters. The Morgan fingerprint density at radius 1 is 1.57 bits per heavy atom. The highest BCUT2D eigenvalue weighted by Crippen LogP contribution is 2.18. The Kier molecular flexibility index (Phi) is 4.46. The summed E-state index contributed by atoms with van der Waals surface area (Å²) in [7, 11) is 0. The summed E-state index contributed by atoms with van der Waals surface area (Å²) in [4.78, 5) is 0. The Hall–Kier alpha value is -1.03. The van der Waals surface area contributed by atoms with Gasteiger partial charge in [0.2, 0.25) is 0 Å². The van der Waals surface area contributed by atoms with Gasteiger partial charge in [-0.1, -0.05) is 19.0 Å². The molecule has 0 aliphatic heterocycles. The average Bonchev–Trinajstić information content (AvgIpc) is 2.52. The van der Waals surface area contributed by atoms with E-state index in [0.29, 0.717) is 12.5 Å². The van der Waals surface area contributed by atoms with Crippen molar-refractivity contribution in [1.29, 1.82) is 0 Å². The maximum absolute atomic E-state index is 5.41. The number of rotatable bonds is 6. The van der Waals surface area contributed by atoms with E-state index in [1.165, 1.54) is 0 Å². The van der Waals surface area contributed by atoms with Gasteiger partial charge in [0.25, 0.3) is 0 Å². The van der Waals surface area contributed by atoms with Crippen molar-refractivity contribution in [2.24, 2.45) is 11.7 Å². The van der Waals surface area contributed by atoms with Crippen LogP contribution in [0.15, 0.2) is 10.7 Å². The van der Waals surface area contributed by atoms with Crippen molar-refractivity contribution in [3.8, 4) is 0 Å². The number of nitrogens with two attached hydrogens (primary N) is 1. The van der Waals surface area contributed by atoms with Crippen LogP contribution in [0.5, 0.6) is 0 Å². The fourth-order valence-electron chi connectivity index (χ4n) is 1.25. The Morgan fingerprint density at radius 3 is 3.00 bits per heavy atom. The SMILES string of the molecule is CC(C)Cc1oncc1NCCCN. The van der Waals surface area contributed by atoms with Crippen LogP contribution in [0.1, 0.15) is 26.0 Å². The van der Waals surface area contributed by atoms with Gasteiger partial charge in [0, 0.05) is 13.0 Å². The summed E-state index contributed by atoms with van der Waals surface area (Å²) in [5.41, 5.74) is 6.41. The second-order valence-corrected chi connectivity index (χ2v) is 3.83. The molecule has 0 unspecified atom stereocenters. The minimum absolute atomic E-state index is 0.581. The van der Waals surface area contributed by atoms with Crippen LogP contribution in [0.3, 0.4) is 0 Å². The van der Waals surface area contributed by atoms with Crippen LogP contribution in [-0.2, 0) is 6.42 Å². The first-order chi connectivity index (χ1) is 6.74. The van der Waals surface area contributed by atoms with E-state index in [1.54, 1.807) is 6.20 Å². The number of nitrogens with one attached hydrogen (secondary N) is 1. The number of anilines is 1. The Labute approximate surface area is 84.8 Å². The average molecular weight is 197 g/mol. The predicted octanol–water partition coefficient (Wildman–Crippen LogP) is 1.63. The van der Waals surface area contributed by atoms with Crippen molar-refractivity contribution in [2.45, 2.75) is 26.7 Å². The number of hydrogen-bond donors (Lipinski definition) is 2. The first-order valence-corrected chi connectivity index (χ1v) is 5.11. The van der Waals surface area contributed by atoms with Gasteiger partial charge in [0.15, 0.2) is 5.76 Å².